The van der Waals surface area contributed by atoms with Crippen molar-refractivity contribution in [2.75, 3.05) is 17.7 Å². The highest BCUT2D eigenvalue weighted by Gasteiger charge is 2.14. The number of carbonyl (C=O) groups is 1. The summed E-state index contributed by atoms with van der Waals surface area (Å²) in [6.45, 7) is 3.90. The van der Waals surface area contributed by atoms with Crippen LogP contribution in [0.5, 0.6) is 5.75 Å². The fraction of sp³-hybridized carbons (Fsp3) is 0.190. The maximum Gasteiger partial charge on any atom is 0.274 e. The van der Waals surface area contributed by atoms with Crippen LogP contribution >= 0.6 is 0 Å². The Balaban J connectivity index is 1.78. The van der Waals surface area contributed by atoms with E-state index in [1.165, 1.54) is 6.07 Å². The lowest BCUT2D eigenvalue weighted by Crippen LogP contribution is -2.17. The lowest BCUT2D eigenvalue weighted by molar-refractivity contribution is 0.102. The summed E-state index contributed by atoms with van der Waals surface area (Å²) in [7, 11) is 1.54. The predicted octanol–water partition coefficient (Wildman–Crippen LogP) is 4.11. The number of ether oxygens (including phenoxy) is 1. The molecule has 0 saturated heterocycles. The van der Waals surface area contributed by atoms with Crippen LogP contribution in [0, 0.1) is 19.7 Å². The number of methoxy groups -OCH3 is 1. The molecule has 0 aliphatic heterocycles. The van der Waals surface area contributed by atoms with Gasteiger partial charge in [0.1, 0.15) is 17.3 Å². The molecule has 0 bridgehead atoms. The smallest absolute Gasteiger partial charge is 0.274 e. The number of amides is 1. The van der Waals surface area contributed by atoms with E-state index in [1.807, 2.05) is 19.1 Å². The summed E-state index contributed by atoms with van der Waals surface area (Å²) in [5.74, 6) is 0.114. The first kappa shape index (κ1) is 19.3. The van der Waals surface area contributed by atoms with Crippen molar-refractivity contribution in [1.82, 2.24) is 9.97 Å². The summed E-state index contributed by atoms with van der Waals surface area (Å²) in [6, 6.07) is 13.5. The van der Waals surface area contributed by atoms with Gasteiger partial charge in [-0.15, -0.1) is 0 Å². The molecule has 0 saturated carbocycles. The highest BCUT2D eigenvalue weighted by atomic mass is 19.1. The second-order valence-corrected chi connectivity index (χ2v) is 6.32. The summed E-state index contributed by atoms with van der Waals surface area (Å²) >= 11 is 0. The summed E-state index contributed by atoms with van der Waals surface area (Å²) in [6.07, 6.45) is 0. The van der Waals surface area contributed by atoms with Gasteiger partial charge in [0.25, 0.3) is 5.91 Å². The first-order valence-electron chi connectivity index (χ1n) is 8.75. The Morgan fingerprint density at radius 2 is 1.89 bits per heavy atom. The molecule has 2 aromatic carbocycles. The molecule has 0 fully saturated rings. The average molecular weight is 380 g/mol. The van der Waals surface area contributed by atoms with Crippen LogP contribution < -0.4 is 15.4 Å². The molecule has 0 aliphatic rings. The van der Waals surface area contributed by atoms with Crippen molar-refractivity contribution in [3.05, 3.63) is 76.9 Å². The number of nitrogens with one attached hydrogen (secondary N) is 2. The second kappa shape index (κ2) is 8.47. The lowest BCUT2D eigenvalue weighted by atomic mass is 10.2. The second-order valence-electron chi connectivity index (χ2n) is 6.32. The minimum Gasteiger partial charge on any atom is -0.495 e. The number of hydrogen-bond acceptors (Lipinski definition) is 5. The molecule has 2 N–H and O–H groups in total. The van der Waals surface area contributed by atoms with E-state index in [0.717, 1.165) is 5.56 Å². The summed E-state index contributed by atoms with van der Waals surface area (Å²) < 4.78 is 19.1. The molecular weight excluding hydrogens is 359 g/mol. The molecule has 7 heteroatoms. The van der Waals surface area contributed by atoms with Gasteiger partial charge in [-0.2, -0.15) is 0 Å². The van der Waals surface area contributed by atoms with Gasteiger partial charge in [-0.1, -0.05) is 24.3 Å². The Morgan fingerprint density at radius 3 is 2.64 bits per heavy atom. The molecule has 0 unspecified atom stereocenters. The predicted molar refractivity (Wildman–Crippen MR) is 106 cm³/mol. The van der Waals surface area contributed by atoms with Crippen LogP contribution in [0.4, 0.5) is 16.0 Å². The van der Waals surface area contributed by atoms with E-state index in [2.05, 4.69) is 20.6 Å². The highest BCUT2D eigenvalue weighted by molar-refractivity contribution is 6.04. The summed E-state index contributed by atoms with van der Waals surface area (Å²) in [4.78, 5) is 21.2. The van der Waals surface area contributed by atoms with Crippen LogP contribution in [0.1, 0.15) is 27.3 Å². The van der Waals surface area contributed by atoms with Gasteiger partial charge >= 0.3 is 0 Å². The normalized spacial score (nSPS) is 10.4. The zero-order valence-corrected chi connectivity index (χ0v) is 15.9. The fourth-order valence-electron chi connectivity index (χ4n) is 2.69. The van der Waals surface area contributed by atoms with Crippen molar-refractivity contribution in [3.8, 4) is 5.75 Å². The van der Waals surface area contributed by atoms with Gasteiger partial charge in [0.15, 0.2) is 0 Å². The first-order valence-corrected chi connectivity index (χ1v) is 8.75. The van der Waals surface area contributed by atoms with Crippen molar-refractivity contribution in [2.24, 2.45) is 0 Å². The van der Waals surface area contributed by atoms with Crippen LogP contribution in [-0.4, -0.2) is 23.0 Å². The Hall–Kier alpha value is -3.48. The van der Waals surface area contributed by atoms with E-state index in [9.17, 15) is 9.18 Å². The first-order chi connectivity index (χ1) is 13.5. The quantitative estimate of drug-likeness (QED) is 0.673. The number of carbonyl (C=O) groups excluding carboxylic acids is 1. The number of benzene rings is 2. The summed E-state index contributed by atoms with van der Waals surface area (Å²) in [5, 5.41) is 5.78. The van der Waals surface area contributed by atoms with Gasteiger partial charge in [0, 0.05) is 17.8 Å². The number of aryl methyl sites for hydroxylation is 2. The number of halogens is 1. The maximum atomic E-state index is 13.8. The van der Waals surface area contributed by atoms with Crippen molar-refractivity contribution in [1.29, 1.82) is 0 Å². The van der Waals surface area contributed by atoms with Gasteiger partial charge < -0.3 is 15.4 Å². The van der Waals surface area contributed by atoms with Gasteiger partial charge in [0.2, 0.25) is 5.95 Å². The Kier molecular flexibility index (Phi) is 5.84. The molecule has 28 heavy (non-hydrogen) atoms. The SMILES string of the molecule is COc1ccc(C)cc1NC(=O)c1cc(C)nc(NCc2ccccc2F)n1. The molecule has 144 valence electrons. The largest absolute Gasteiger partial charge is 0.495 e. The van der Waals surface area contributed by atoms with Crippen molar-refractivity contribution in [3.63, 3.8) is 0 Å². The molecule has 0 aliphatic carbocycles. The maximum absolute atomic E-state index is 13.8. The van der Waals surface area contributed by atoms with Gasteiger partial charge in [0.05, 0.1) is 12.8 Å². The number of aromatic nitrogens is 2. The van der Waals surface area contributed by atoms with Crippen LogP contribution in [-0.2, 0) is 6.54 Å². The lowest BCUT2D eigenvalue weighted by Gasteiger charge is -2.12. The van der Waals surface area contributed by atoms with Gasteiger partial charge in [-0.05, 0) is 43.7 Å². The molecule has 1 aromatic heterocycles. The minimum absolute atomic E-state index is 0.201. The fourth-order valence-corrected chi connectivity index (χ4v) is 2.69. The van der Waals surface area contributed by atoms with E-state index in [-0.39, 0.29) is 29.9 Å². The number of hydrogen-bond donors (Lipinski definition) is 2. The van der Waals surface area contributed by atoms with E-state index < -0.39 is 0 Å². The molecule has 0 atom stereocenters. The van der Waals surface area contributed by atoms with Gasteiger partial charge in [-0.3, -0.25) is 4.79 Å². The molecule has 6 nitrogen and oxygen atoms in total. The number of anilines is 2. The zero-order valence-electron chi connectivity index (χ0n) is 15.9. The molecule has 0 spiro atoms. The third-order valence-electron chi connectivity index (χ3n) is 4.08. The Bertz CT molecular complexity index is 1010. The average Bonchev–Trinajstić information content (AvgIpc) is 2.67. The zero-order chi connectivity index (χ0) is 20.1. The minimum atomic E-state index is -0.386. The number of nitrogens with zero attached hydrogens (tertiary/aromatic N) is 2. The monoisotopic (exact) mass is 380 g/mol. The molecule has 3 rings (SSSR count). The van der Waals surface area contributed by atoms with Crippen LogP contribution in [0.25, 0.3) is 0 Å². The topological polar surface area (TPSA) is 76.1 Å². The van der Waals surface area contributed by atoms with Crippen LogP contribution in [0.3, 0.4) is 0 Å². The third kappa shape index (κ3) is 4.62. The standard InChI is InChI=1S/C21H21FN4O2/c1-13-8-9-19(28-3)17(10-13)25-20(27)18-11-14(2)24-21(26-18)23-12-15-6-4-5-7-16(15)22/h4-11H,12H2,1-3H3,(H,25,27)(H,23,24,26). The third-order valence-corrected chi connectivity index (χ3v) is 4.08. The van der Waals surface area contributed by atoms with E-state index in [4.69, 9.17) is 4.74 Å². The molecule has 1 heterocycles. The van der Waals surface area contributed by atoms with Crippen LogP contribution in [0.15, 0.2) is 48.5 Å². The highest BCUT2D eigenvalue weighted by Crippen LogP contribution is 2.25. The Labute approximate surface area is 162 Å². The molecule has 1 amide bonds. The van der Waals surface area contributed by atoms with Crippen molar-refractivity contribution >= 4 is 17.5 Å². The Morgan fingerprint density at radius 1 is 1.11 bits per heavy atom. The molecular formula is C21H21FN4O2. The van der Waals surface area contributed by atoms with Crippen molar-refractivity contribution < 1.29 is 13.9 Å². The van der Waals surface area contributed by atoms with Crippen molar-refractivity contribution in [2.45, 2.75) is 20.4 Å². The molecule has 0 radical (unpaired) electrons. The number of rotatable bonds is 6. The van der Waals surface area contributed by atoms with E-state index in [1.54, 1.807) is 44.4 Å². The van der Waals surface area contributed by atoms with Crippen LogP contribution in [0.2, 0.25) is 0 Å². The van der Waals surface area contributed by atoms with E-state index >= 15 is 0 Å². The molecule has 3 aromatic rings. The van der Waals surface area contributed by atoms with Gasteiger partial charge in [-0.25, -0.2) is 14.4 Å². The van der Waals surface area contributed by atoms with E-state index in [0.29, 0.717) is 22.7 Å². The summed E-state index contributed by atoms with van der Waals surface area (Å²) in [5.41, 5.74) is 2.86.